The Morgan fingerprint density at radius 2 is 2.04 bits per heavy atom. The van der Waals surface area contributed by atoms with Crippen molar-refractivity contribution < 1.29 is 14.6 Å². The van der Waals surface area contributed by atoms with Gasteiger partial charge in [-0.1, -0.05) is 18.2 Å². The Kier molecular flexibility index (Phi) is 4.17. The molecule has 0 atom stereocenters. The Bertz CT molecular complexity index is 990. The first-order valence-electron chi connectivity index (χ1n) is 8.76. The van der Waals surface area contributed by atoms with E-state index in [1.807, 2.05) is 18.2 Å². The summed E-state index contributed by atoms with van der Waals surface area (Å²) in [7, 11) is 3.81. The number of benzene rings is 2. The number of aromatic carboxylic acids is 1. The van der Waals surface area contributed by atoms with Crippen LogP contribution in [0.2, 0.25) is 0 Å². The highest BCUT2D eigenvalue weighted by molar-refractivity contribution is 5.90. The van der Waals surface area contributed by atoms with Crippen molar-refractivity contribution in [1.82, 2.24) is 9.47 Å². The van der Waals surface area contributed by atoms with Crippen molar-refractivity contribution in [2.45, 2.75) is 19.5 Å². The van der Waals surface area contributed by atoms with Crippen LogP contribution in [0.15, 0.2) is 42.5 Å². The molecular weight excluding hydrogens is 328 g/mol. The van der Waals surface area contributed by atoms with Crippen LogP contribution >= 0.6 is 0 Å². The van der Waals surface area contributed by atoms with Crippen molar-refractivity contribution in [3.63, 3.8) is 0 Å². The van der Waals surface area contributed by atoms with Gasteiger partial charge in [0.05, 0.1) is 12.7 Å². The highest BCUT2D eigenvalue weighted by atomic mass is 16.5. The van der Waals surface area contributed by atoms with Gasteiger partial charge >= 0.3 is 5.97 Å². The van der Waals surface area contributed by atoms with Gasteiger partial charge in [-0.25, -0.2) is 4.79 Å². The van der Waals surface area contributed by atoms with Crippen LogP contribution in [-0.2, 0) is 19.5 Å². The summed E-state index contributed by atoms with van der Waals surface area (Å²) < 4.78 is 7.69. The van der Waals surface area contributed by atoms with Crippen LogP contribution in [0.4, 0.5) is 0 Å². The van der Waals surface area contributed by atoms with Crippen LogP contribution < -0.4 is 4.74 Å². The third kappa shape index (κ3) is 2.74. The molecule has 0 saturated carbocycles. The van der Waals surface area contributed by atoms with Crippen LogP contribution in [0.1, 0.15) is 27.2 Å². The van der Waals surface area contributed by atoms with Crippen LogP contribution in [-0.4, -0.2) is 41.2 Å². The number of methoxy groups -OCH3 is 1. The lowest BCUT2D eigenvalue weighted by Gasteiger charge is -2.24. The van der Waals surface area contributed by atoms with Gasteiger partial charge < -0.3 is 19.3 Å². The minimum absolute atomic E-state index is 0.365. The minimum Gasteiger partial charge on any atom is -0.497 e. The van der Waals surface area contributed by atoms with Gasteiger partial charge in [-0.05, 0) is 42.4 Å². The predicted molar refractivity (Wildman–Crippen MR) is 101 cm³/mol. The van der Waals surface area contributed by atoms with Crippen LogP contribution in [0.5, 0.6) is 5.75 Å². The number of carboxylic acids is 1. The van der Waals surface area contributed by atoms with E-state index in [1.54, 1.807) is 19.2 Å². The van der Waals surface area contributed by atoms with Crippen molar-refractivity contribution in [3.8, 4) is 5.75 Å². The minimum atomic E-state index is -0.882. The molecule has 0 saturated heterocycles. The number of rotatable bonds is 4. The molecule has 0 radical (unpaired) electrons. The highest BCUT2D eigenvalue weighted by Gasteiger charge is 2.23. The van der Waals surface area contributed by atoms with Crippen molar-refractivity contribution in [3.05, 3.63) is 64.8 Å². The van der Waals surface area contributed by atoms with Gasteiger partial charge in [0.15, 0.2) is 0 Å². The maximum absolute atomic E-state index is 11.6. The summed E-state index contributed by atoms with van der Waals surface area (Å²) in [6.07, 6.45) is 0.956. The van der Waals surface area contributed by atoms with Crippen LogP contribution in [0.25, 0.3) is 10.9 Å². The average Bonchev–Trinajstić information content (AvgIpc) is 2.94. The summed E-state index contributed by atoms with van der Waals surface area (Å²) in [6.45, 7) is 2.46. The molecule has 0 unspecified atom stereocenters. The fourth-order valence-electron chi connectivity index (χ4n) is 3.91. The molecule has 0 amide bonds. The molecule has 3 aromatic rings. The van der Waals surface area contributed by atoms with Crippen molar-refractivity contribution in [2.75, 3.05) is 20.7 Å². The van der Waals surface area contributed by atoms with E-state index in [-0.39, 0.29) is 0 Å². The van der Waals surface area contributed by atoms with E-state index in [1.165, 1.54) is 16.6 Å². The van der Waals surface area contributed by atoms with Gasteiger partial charge in [-0.15, -0.1) is 0 Å². The summed E-state index contributed by atoms with van der Waals surface area (Å²) in [4.78, 5) is 13.9. The Hall–Kier alpha value is -2.79. The Balaban J connectivity index is 1.89. The Morgan fingerprint density at radius 1 is 1.23 bits per heavy atom. The second-order valence-corrected chi connectivity index (χ2v) is 6.84. The van der Waals surface area contributed by atoms with Gasteiger partial charge in [-0.3, -0.25) is 0 Å². The maximum Gasteiger partial charge on any atom is 0.336 e. The number of fused-ring (bicyclic) bond motifs is 3. The Morgan fingerprint density at radius 3 is 2.81 bits per heavy atom. The van der Waals surface area contributed by atoms with Crippen molar-refractivity contribution in [1.29, 1.82) is 0 Å². The number of carboxylic acid groups (broad SMARTS) is 1. The molecule has 4 rings (SSSR count). The second-order valence-electron chi connectivity index (χ2n) is 6.84. The van der Waals surface area contributed by atoms with Gasteiger partial charge in [-0.2, -0.15) is 0 Å². The van der Waals surface area contributed by atoms with E-state index in [2.05, 4.69) is 28.6 Å². The molecule has 2 aromatic carbocycles. The number of nitrogens with zero attached hydrogens (tertiary/aromatic N) is 2. The standard InChI is InChI=1S/C21H22N2O3/c1-22-10-9-20-18(13-22)17-11-15(26-2)7-8-19(17)23(20)12-14-5-3-4-6-16(14)21(24)25/h3-8,11H,9-10,12-13H2,1-2H3,(H,24,25). The molecule has 134 valence electrons. The summed E-state index contributed by atoms with van der Waals surface area (Å²) in [6, 6.07) is 13.4. The van der Waals surface area contributed by atoms with Gasteiger partial charge in [0.2, 0.25) is 0 Å². The second kappa shape index (κ2) is 6.50. The number of carbonyl (C=O) groups is 1. The first kappa shape index (κ1) is 16.7. The van der Waals surface area contributed by atoms with Crippen molar-refractivity contribution in [2.24, 2.45) is 0 Å². The molecule has 2 heterocycles. The lowest BCUT2D eigenvalue weighted by molar-refractivity contribution is 0.0695. The molecule has 0 spiro atoms. The smallest absolute Gasteiger partial charge is 0.336 e. The topological polar surface area (TPSA) is 54.7 Å². The number of hydrogen-bond donors (Lipinski definition) is 1. The van der Waals surface area contributed by atoms with E-state index >= 15 is 0 Å². The monoisotopic (exact) mass is 350 g/mol. The highest BCUT2D eigenvalue weighted by Crippen LogP contribution is 2.33. The molecule has 0 bridgehead atoms. The molecule has 0 aliphatic carbocycles. The SMILES string of the molecule is COc1ccc2c(c1)c1c(n2Cc2ccccc2C(=O)O)CCN(C)C1. The third-order valence-corrected chi connectivity index (χ3v) is 5.23. The molecule has 5 heteroatoms. The van der Waals surface area contributed by atoms with E-state index in [4.69, 9.17) is 4.74 Å². The summed E-state index contributed by atoms with van der Waals surface area (Å²) in [5.74, 6) is -0.0380. The fraction of sp³-hybridized carbons (Fsp3) is 0.286. The fourth-order valence-corrected chi connectivity index (χ4v) is 3.91. The molecule has 1 aromatic heterocycles. The van der Waals surface area contributed by atoms with Crippen LogP contribution in [0, 0.1) is 0 Å². The van der Waals surface area contributed by atoms with Crippen LogP contribution in [0.3, 0.4) is 0 Å². The number of hydrogen-bond acceptors (Lipinski definition) is 3. The first-order chi connectivity index (χ1) is 12.6. The maximum atomic E-state index is 11.6. The lowest BCUT2D eigenvalue weighted by Crippen LogP contribution is -2.27. The molecule has 5 nitrogen and oxygen atoms in total. The first-order valence-corrected chi connectivity index (χ1v) is 8.76. The molecular formula is C21H22N2O3. The van der Waals surface area contributed by atoms with E-state index in [0.29, 0.717) is 12.1 Å². The third-order valence-electron chi connectivity index (χ3n) is 5.23. The van der Waals surface area contributed by atoms with E-state index < -0.39 is 5.97 Å². The van der Waals surface area contributed by atoms with E-state index in [9.17, 15) is 9.90 Å². The Labute approximate surface area is 152 Å². The molecule has 1 aliphatic rings. The summed E-state index contributed by atoms with van der Waals surface area (Å²) in [5, 5.41) is 10.7. The average molecular weight is 350 g/mol. The summed E-state index contributed by atoms with van der Waals surface area (Å²) in [5.41, 5.74) is 4.94. The number of likely N-dealkylation sites (N-methyl/N-ethyl adjacent to an activating group) is 1. The number of ether oxygens (including phenoxy) is 1. The zero-order valence-corrected chi connectivity index (χ0v) is 15.0. The molecule has 26 heavy (non-hydrogen) atoms. The molecule has 1 aliphatic heterocycles. The molecule has 0 fully saturated rings. The van der Waals surface area contributed by atoms with Gasteiger partial charge in [0.1, 0.15) is 5.75 Å². The zero-order chi connectivity index (χ0) is 18.3. The summed E-state index contributed by atoms with van der Waals surface area (Å²) >= 11 is 0. The zero-order valence-electron chi connectivity index (χ0n) is 15.0. The van der Waals surface area contributed by atoms with E-state index in [0.717, 1.165) is 36.3 Å². The van der Waals surface area contributed by atoms with Gasteiger partial charge in [0.25, 0.3) is 0 Å². The normalized spacial score (nSPS) is 14.4. The number of aromatic nitrogens is 1. The van der Waals surface area contributed by atoms with Gasteiger partial charge in [0, 0.05) is 42.7 Å². The predicted octanol–water partition coefficient (Wildman–Crippen LogP) is 3.38. The largest absolute Gasteiger partial charge is 0.497 e. The lowest BCUT2D eigenvalue weighted by atomic mass is 10.0. The van der Waals surface area contributed by atoms with Crippen molar-refractivity contribution >= 4 is 16.9 Å². The molecule has 1 N–H and O–H groups in total. The quantitative estimate of drug-likeness (QED) is 0.784.